The number of hydrogen-bond acceptors (Lipinski definition) is 7. The fourth-order valence-electron chi connectivity index (χ4n) is 4.03. The summed E-state index contributed by atoms with van der Waals surface area (Å²) in [6.07, 6.45) is 1.48. The lowest BCUT2D eigenvalue weighted by Gasteiger charge is -2.22. The monoisotopic (exact) mass is 562 g/mol. The first-order valence-corrected chi connectivity index (χ1v) is 12.3. The maximum Gasteiger partial charge on any atom is 0.342 e. The van der Waals surface area contributed by atoms with Crippen LogP contribution in [0.25, 0.3) is 0 Å². The van der Waals surface area contributed by atoms with Gasteiger partial charge in [-0.2, -0.15) is 0 Å². The van der Waals surface area contributed by atoms with Crippen LogP contribution in [0.4, 0.5) is 20.3 Å². The van der Waals surface area contributed by atoms with Crippen molar-refractivity contribution >= 4 is 23.4 Å². The topological polar surface area (TPSA) is 144 Å². The number of nitro groups is 1. The summed E-state index contributed by atoms with van der Waals surface area (Å²) in [4.78, 5) is 39.4. The predicted molar refractivity (Wildman–Crippen MR) is 145 cm³/mol. The molecule has 1 aromatic heterocycles. The number of anilines is 1. The molecule has 3 N–H and O–H groups in total. The van der Waals surface area contributed by atoms with Crippen LogP contribution in [0.5, 0.6) is 5.75 Å². The highest BCUT2D eigenvalue weighted by Crippen LogP contribution is 2.27. The van der Waals surface area contributed by atoms with Gasteiger partial charge in [-0.15, -0.1) is 0 Å². The molecule has 1 amide bonds. The average Bonchev–Trinajstić information content (AvgIpc) is 2.97. The number of carbonyl (C=O) groups is 2. The van der Waals surface area contributed by atoms with Crippen molar-refractivity contribution in [2.45, 2.75) is 19.0 Å². The van der Waals surface area contributed by atoms with Gasteiger partial charge in [0.15, 0.2) is 11.6 Å². The molecule has 0 aliphatic heterocycles. The molecule has 10 nitrogen and oxygen atoms in total. The first kappa shape index (κ1) is 28.6. The number of rotatable bonds is 11. The number of nitrogens with zero attached hydrogens (tertiary/aromatic N) is 2. The van der Waals surface area contributed by atoms with Crippen molar-refractivity contribution in [3.63, 3.8) is 0 Å². The molecule has 0 fully saturated rings. The zero-order chi connectivity index (χ0) is 29.5. The second kappa shape index (κ2) is 12.6. The van der Waals surface area contributed by atoms with Gasteiger partial charge in [0.25, 0.3) is 11.6 Å². The second-order valence-corrected chi connectivity index (χ2v) is 8.93. The summed E-state index contributed by atoms with van der Waals surface area (Å²) in [6, 6.07) is 17.7. The highest BCUT2D eigenvalue weighted by molar-refractivity contribution is 5.99. The largest absolute Gasteiger partial charge is 0.491 e. The van der Waals surface area contributed by atoms with E-state index >= 15 is 0 Å². The number of halogens is 2. The first-order chi connectivity index (χ1) is 19.6. The Morgan fingerprint density at radius 2 is 1.73 bits per heavy atom. The molecule has 0 saturated heterocycles. The van der Waals surface area contributed by atoms with Crippen LogP contribution in [0, 0.1) is 21.7 Å². The summed E-state index contributed by atoms with van der Waals surface area (Å²) in [5.74, 6) is -3.71. The van der Waals surface area contributed by atoms with Crippen LogP contribution in [-0.4, -0.2) is 33.5 Å². The van der Waals surface area contributed by atoms with E-state index in [4.69, 9.17) is 4.74 Å². The van der Waals surface area contributed by atoms with Crippen molar-refractivity contribution in [3.8, 4) is 5.75 Å². The van der Waals surface area contributed by atoms with Gasteiger partial charge < -0.3 is 20.5 Å². The van der Waals surface area contributed by atoms with Crippen molar-refractivity contribution in [2.75, 3.05) is 11.9 Å². The Balaban J connectivity index is 1.56. The maximum absolute atomic E-state index is 13.7. The Labute approximate surface area is 232 Å². The van der Waals surface area contributed by atoms with Gasteiger partial charge in [0.2, 0.25) is 0 Å². The molecule has 0 aliphatic rings. The van der Waals surface area contributed by atoms with E-state index < -0.39 is 51.8 Å². The molecule has 3 aromatic carbocycles. The van der Waals surface area contributed by atoms with Gasteiger partial charge in [-0.1, -0.05) is 36.4 Å². The average molecular weight is 563 g/mol. The minimum atomic E-state index is -1.47. The molecular formula is C29H24F2N4O6. The summed E-state index contributed by atoms with van der Waals surface area (Å²) in [6.45, 7) is 1.56. The maximum atomic E-state index is 13.7. The Morgan fingerprint density at radius 3 is 2.41 bits per heavy atom. The molecule has 0 spiro atoms. The molecule has 2 atom stereocenters. The molecule has 4 aromatic rings. The van der Waals surface area contributed by atoms with E-state index in [1.807, 2.05) is 18.2 Å². The Kier molecular flexibility index (Phi) is 8.82. The number of ether oxygens (including phenoxy) is 1. The Hall–Kier alpha value is -5.39. The van der Waals surface area contributed by atoms with Gasteiger partial charge in [0.1, 0.15) is 23.7 Å². The van der Waals surface area contributed by atoms with Crippen LogP contribution < -0.4 is 15.4 Å². The van der Waals surface area contributed by atoms with E-state index in [1.54, 1.807) is 31.2 Å². The van der Waals surface area contributed by atoms with Gasteiger partial charge in [0.05, 0.1) is 22.6 Å². The third-order valence-electron chi connectivity index (χ3n) is 6.17. The van der Waals surface area contributed by atoms with Crippen molar-refractivity contribution in [3.05, 3.63) is 129 Å². The SMILES string of the molecule is CC(NC(=O)c1cccnc1NC(COc1ccc([N+](=O)[O-])c(C(=O)O)c1)c1ccccc1)c1ccc(F)c(F)c1. The standard InChI is InChI=1S/C29H24F2N4O6/c1-17(19-9-11-23(30)24(31)14-19)33-28(36)21-8-5-13-32-27(21)34-25(18-6-3-2-4-7-18)16-41-20-10-12-26(35(39)40)22(15-20)29(37)38/h2-15,17,25H,16H2,1H3,(H,32,34)(H,33,36)(H,37,38). The minimum absolute atomic E-state index is 0.0657. The highest BCUT2D eigenvalue weighted by Gasteiger charge is 2.23. The van der Waals surface area contributed by atoms with Gasteiger partial charge in [-0.3, -0.25) is 14.9 Å². The number of hydrogen-bond donors (Lipinski definition) is 3. The van der Waals surface area contributed by atoms with Crippen LogP contribution in [0.1, 0.15) is 50.9 Å². The number of pyridine rings is 1. The van der Waals surface area contributed by atoms with E-state index in [2.05, 4.69) is 15.6 Å². The molecule has 4 rings (SSSR count). The van der Waals surface area contributed by atoms with Crippen molar-refractivity contribution in [1.82, 2.24) is 10.3 Å². The number of carbonyl (C=O) groups excluding carboxylic acids is 1. The fourth-order valence-corrected chi connectivity index (χ4v) is 4.03. The van der Waals surface area contributed by atoms with Crippen molar-refractivity contribution in [2.24, 2.45) is 0 Å². The molecule has 0 bridgehead atoms. The zero-order valence-corrected chi connectivity index (χ0v) is 21.6. The summed E-state index contributed by atoms with van der Waals surface area (Å²) in [5.41, 5.74) is 0.210. The number of nitrogens with one attached hydrogen (secondary N) is 2. The molecular weight excluding hydrogens is 538 g/mol. The molecule has 0 radical (unpaired) electrons. The summed E-state index contributed by atoms with van der Waals surface area (Å²) in [7, 11) is 0. The number of amides is 1. The summed E-state index contributed by atoms with van der Waals surface area (Å²) < 4.78 is 32.9. The molecule has 210 valence electrons. The molecule has 0 saturated carbocycles. The number of aromatic carboxylic acids is 1. The first-order valence-electron chi connectivity index (χ1n) is 12.3. The number of aromatic nitrogens is 1. The van der Waals surface area contributed by atoms with Crippen LogP contribution >= 0.6 is 0 Å². The Morgan fingerprint density at radius 1 is 0.976 bits per heavy atom. The minimum Gasteiger partial charge on any atom is -0.491 e. The van der Waals surface area contributed by atoms with Crippen molar-refractivity contribution < 1.29 is 33.1 Å². The molecule has 41 heavy (non-hydrogen) atoms. The second-order valence-electron chi connectivity index (χ2n) is 8.93. The van der Waals surface area contributed by atoms with E-state index in [0.717, 1.165) is 29.8 Å². The lowest BCUT2D eigenvalue weighted by atomic mass is 10.1. The molecule has 12 heteroatoms. The third kappa shape index (κ3) is 6.98. The van der Waals surface area contributed by atoms with Gasteiger partial charge >= 0.3 is 5.97 Å². The Bertz CT molecular complexity index is 1590. The predicted octanol–water partition coefficient (Wildman–Crippen LogP) is 5.69. The van der Waals surface area contributed by atoms with Gasteiger partial charge in [-0.25, -0.2) is 18.6 Å². The number of nitro benzene ring substituents is 1. The van der Waals surface area contributed by atoms with E-state index in [-0.39, 0.29) is 23.7 Å². The normalized spacial score (nSPS) is 12.2. The lowest BCUT2D eigenvalue weighted by molar-refractivity contribution is -0.385. The van der Waals surface area contributed by atoms with Crippen molar-refractivity contribution in [1.29, 1.82) is 0 Å². The smallest absolute Gasteiger partial charge is 0.342 e. The molecule has 2 unspecified atom stereocenters. The van der Waals surface area contributed by atoms with Gasteiger partial charge in [0, 0.05) is 18.3 Å². The van der Waals surface area contributed by atoms with Crippen LogP contribution in [-0.2, 0) is 0 Å². The number of benzene rings is 3. The fraction of sp³-hybridized carbons (Fsp3) is 0.138. The van der Waals surface area contributed by atoms with Crippen LogP contribution in [0.2, 0.25) is 0 Å². The van der Waals surface area contributed by atoms with E-state index in [1.165, 1.54) is 18.3 Å². The van der Waals surface area contributed by atoms with E-state index in [0.29, 0.717) is 5.56 Å². The number of carboxylic acid groups (broad SMARTS) is 1. The van der Waals surface area contributed by atoms with E-state index in [9.17, 15) is 33.6 Å². The number of carboxylic acids is 1. The third-order valence-corrected chi connectivity index (χ3v) is 6.17. The molecule has 1 heterocycles. The molecule has 0 aliphatic carbocycles. The quantitative estimate of drug-likeness (QED) is 0.156. The summed E-state index contributed by atoms with van der Waals surface area (Å²) >= 11 is 0. The lowest BCUT2D eigenvalue weighted by Crippen LogP contribution is -2.29. The summed E-state index contributed by atoms with van der Waals surface area (Å²) in [5, 5.41) is 26.5. The van der Waals surface area contributed by atoms with Gasteiger partial charge in [-0.05, 0) is 48.4 Å². The zero-order valence-electron chi connectivity index (χ0n) is 21.6. The van der Waals surface area contributed by atoms with Crippen LogP contribution in [0.15, 0.2) is 85.1 Å². The highest BCUT2D eigenvalue weighted by atomic mass is 19.2. The van der Waals surface area contributed by atoms with Crippen LogP contribution in [0.3, 0.4) is 0 Å².